The van der Waals surface area contributed by atoms with Crippen molar-refractivity contribution in [2.24, 2.45) is 0 Å². The van der Waals surface area contributed by atoms with Gasteiger partial charge in [-0.1, -0.05) is 59.3 Å². The van der Waals surface area contributed by atoms with E-state index in [9.17, 15) is 10.2 Å². The molecule has 0 heterocycles. The second kappa shape index (κ2) is 6.57. The van der Waals surface area contributed by atoms with Crippen LogP contribution in [0.4, 0.5) is 0 Å². The van der Waals surface area contributed by atoms with Crippen LogP contribution in [0.25, 0.3) is 0 Å². The minimum atomic E-state index is -0.951. The maximum absolute atomic E-state index is 10.6. The highest BCUT2D eigenvalue weighted by Gasteiger charge is 2.35. The van der Waals surface area contributed by atoms with Crippen molar-refractivity contribution >= 4 is 27.5 Å². The fourth-order valence-corrected chi connectivity index (χ4v) is 3.51. The molecule has 1 aliphatic carbocycles. The van der Waals surface area contributed by atoms with Crippen LogP contribution in [0.1, 0.15) is 44.1 Å². The minimum absolute atomic E-state index is 0.405. The van der Waals surface area contributed by atoms with Gasteiger partial charge in [-0.2, -0.15) is 0 Å². The first kappa shape index (κ1) is 15.3. The molecule has 0 spiro atoms. The summed E-state index contributed by atoms with van der Waals surface area (Å²) >= 11 is 9.53. The van der Waals surface area contributed by atoms with Crippen molar-refractivity contribution in [2.45, 2.75) is 56.7 Å². The van der Waals surface area contributed by atoms with E-state index in [-0.39, 0.29) is 0 Å². The summed E-state index contributed by atoms with van der Waals surface area (Å²) in [5.41, 5.74) is -0.0672. The molecule has 0 aliphatic heterocycles. The standard InChI is InChI=1S/C15H20BrClO2/c16-12-6-5-11(13(17)10-12)9-14(18)15(19)7-3-1-2-4-8-15/h5-6,10,14,18-19H,1-4,7-9H2. The third-order valence-electron chi connectivity index (χ3n) is 4.02. The molecule has 1 aromatic rings. The predicted molar refractivity (Wildman–Crippen MR) is 81.5 cm³/mol. The quantitative estimate of drug-likeness (QED) is 0.808. The van der Waals surface area contributed by atoms with Crippen LogP contribution in [-0.4, -0.2) is 21.9 Å². The van der Waals surface area contributed by atoms with E-state index in [4.69, 9.17) is 11.6 Å². The Balaban J connectivity index is 2.08. The van der Waals surface area contributed by atoms with Gasteiger partial charge in [0.05, 0.1) is 11.7 Å². The van der Waals surface area contributed by atoms with Gasteiger partial charge in [-0.3, -0.25) is 0 Å². The van der Waals surface area contributed by atoms with E-state index in [0.717, 1.165) is 35.7 Å². The van der Waals surface area contributed by atoms with Gasteiger partial charge in [0.1, 0.15) is 0 Å². The van der Waals surface area contributed by atoms with E-state index < -0.39 is 11.7 Å². The molecular weight excluding hydrogens is 328 g/mol. The van der Waals surface area contributed by atoms with Gasteiger partial charge in [0.2, 0.25) is 0 Å². The summed E-state index contributed by atoms with van der Waals surface area (Å²) in [6.45, 7) is 0. The molecule has 0 saturated heterocycles. The Morgan fingerprint density at radius 3 is 2.42 bits per heavy atom. The molecule has 2 nitrogen and oxygen atoms in total. The van der Waals surface area contributed by atoms with Gasteiger partial charge < -0.3 is 10.2 Å². The average Bonchev–Trinajstić information content (AvgIpc) is 2.58. The zero-order valence-corrected chi connectivity index (χ0v) is 13.3. The van der Waals surface area contributed by atoms with Gasteiger partial charge in [0.15, 0.2) is 0 Å². The summed E-state index contributed by atoms with van der Waals surface area (Å²) in [5.74, 6) is 0. The number of aliphatic hydroxyl groups is 2. The highest BCUT2D eigenvalue weighted by Crippen LogP contribution is 2.32. The number of rotatable bonds is 3. The molecule has 0 bridgehead atoms. The van der Waals surface area contributed by atoms with Crippen molar-refractivity contribution in [2.75, 3.05) is 0 Å². The lowest BCUT2D eigenvalue weighted by Crippen LogP contribution is -2.43. The number of aliphatic hydroxyl groups excluding tert-OH is 1. The van der Waals surface area contributed by atoms with Crippen molar-refractivity contribution in [1.82, 2.24) is 0 Å². The SMILES string of the molecule is OC(Cc1ccc(Br)cc1Cl)C1(O)CCCCCC1. The molecule has 2 rings (SSSR count). The Bertz CT molecular complexity index is 428. The van der Waals surface area contributed by atoms with Crippen LogP contribution in [0.3, 0.4) is 0 Å². The molecule has 2 N–H and O–H groups in total. The molecule has 0 aromatic heterocycles. The maximum atomic E-state index is 10.6. The van der Waals surface area contributed by atoms with E-state index in [1.54, 1.807) is 0 Å². The first-order valence-electron chi connectivity index (χ1n) is 6.86. The van der Waals surface area contributed by atoms with E-state index in [0.29, 0.717) is 24.3 Å². The van der Waals surface area contributed by atoms with Crippen molar-refractivity contribution in [1.29, 1.82) is 0 Å². The van der Waals surface area contributed by atoms with Gasteiger partial charge in [-0.15, -0.1) is 0 Å². The molecule has 1 unspecified atom stereocenters. The number of halogens is 2. The van der Waals surface area contributed by atoms with Crippen molar-refractivity contribution < 1.29 is 10.2 Å². The highest BCUT2D eigenvalue weighted by atomic mass is 79.9. The predicted octanol–water partition coefficient (Wildman–Crippen LogP) is 4.09. The largest absolute Gasteiger partial charge is 0.390 e. The monoisotopic (exact) mass is 346 g/mol. The molecular formula is C15H20BrClO2. The highest BCUT2D eigenvalue weighted by molar-refractivity contribution is 9.10. The van der Waals surface area contributed by atoms with Crippen LogP contribution in [0.2, 0.25) is 5.02 Å². The smallest absolute Gasteiger partial charge is 0.0908 e. The van der Waals surface area contributed by atoms with Crippen LogP contribution in [0.5, 0.6) is 0 Å². The van der Waals surface area contributed by atoms with Crippen molar-refractivity contribution in [3.05, 3.63) is 33.3 Å². The molecule has 1 fully saturated rings. The summed E-state index contributed by atoms with van der Waals surface area (Å²) < 4.78 is 0.920. The summed E-state index contributed by atoms with van der Waals surface area (Å²) in [6, 6.07) is 5.63. The van der Waals surface area contributed by atoms with E-state index in [2.05, 4.69) is 15.9 Å². The first-order chi connectivity index (χ1) is 9.01. The fourth-order valence-electron chi connectivity index (χ4n) is 2.76. The lowest BCUT2D eigenvalue weighted by atomic mass is 9.85. The Hall–Kier alpha value is -0.0900. The molecule has 1 saturated carbocycles. The Kier molecular flexibility index (Phi) is 5.29. The van der Waals surface area contributed by atoms with E-state index in [1.165, 1.54) is 0 Å². The zero-order chi connectivity index (χ0) is 13.9. The number of hydrogen-bond donors (Lipinski definition) is 2. The molecule has 106 valence electrons. The molecule has 19 heavy (non-hydrogen) atoms. The number of benzene rings is 1. The Morgan fingerprint density at radius 2 is 1.84 bits per heavy atom. The van der Waals surface area contributed by atoms with Crippen LogP contribution in [0.15, 0.2) is 22.7 Å². The second-order valence-corrected chi connectivity index (χ2v) is 6.80. The third-order valence-corrected chi connectivity index (χ3v) is 4.86. The fraction of sp³-hybridized carbons (Fsp3) is 0.600. The third kappa shape index (κ3) is 3.94. The lowest BCUT2D eigenvalue weighted by Gasteiger charge is -2.32. The summed E-state index contributed by atoms with van der Waals surface area (Å²) in [7, 11) is 0. The zero-order valence-electron chi connectivity index (χ0n) is 10.9. The molecule has 0 radical (unpaired) electrons. The van der Waals surface area contributed by atoms with E-state index >= 15 is 0 Å². The normalized spacial score (nSPS) is 20.8. The Labute approximate surface area is 127 Å². The van der Waals surface area contributed by atoms with Gasteiger partial charge in [-0.05, 0) is 30.5 Å². The van der Waals surface area contributed by atoms with Gasteiger partial charge in [0.25, 0.3) is 0 Å². The van der Waals surface area contributed by atoms with Gasteiger partial charge >= 0.3 is 0 Å². The average molecular weight is 348 g/mol. The maximum Gasteiger partial charge on any atom is 0.0908 e. The van der Waals surface area contributed by atoms with Crippen LogP contribution in [-0.2, 0) is 6.42 Å². The molecule has 1 aliphatic rings. The van der Waals surface area contributed by atoms with Crippen LogP contribution >= 0.6 is 27.5 Å². The minimum Gasteiger partial charge on any atom is -0.390 e. The lowest BCUT2D eigenvalue weighted by molar-refractivity contribution is -0.0836. The summed E-state index contributed by atoms with van der Waals surface area (Å²) in [5, 5.41) is 21.6. The van der Waals surface area contributed by atoms with Gasteiger partial charge in [0, 0.05) is 15.9 Å². The molecule has 0 amide bonds. The van der Waals surface area contributed by atoms with Gasteiger partial charge in [-0.25, -0.2) is 0 Å². The second-order valence-electron chi connectivity index (χ2n) is 5.47. The first-order valence-corrected chi connectivity index (χ1v) is 8.03. The topological polar surface area (TPSA) is 40.5 Å². The van der Waals surface area contributed by atoms with Crippen molar-refractivity contribution in [3.8, 4) is 0 Å². The summed E-state index contributed by atoms with van der Waals surface area (Å²) in [6.07, 6.45) is 5.29. The number of hydrogen-bond acceptors (Lipinski definition) is 2. The summed E-state index contributed by atoms with van der Waals surface area (Å²) in [4.78, 5) is 0. The Morgan fingerprint density at radius 1 is 1.21 bits per heavy atom. The van der Waals surface area contributed by atoms with E-state index in [1.807, 2.05) is 18.2 Å². The van der Waals surface area contributed by atoms with Crippen LogP contribution < -0.4 is 0 Å². The van der Waals surface area contributed by atoms with Crippen molar-refractivity contribution in [3.63, 3.8) is 0 Å². The van der Waals surface area contributed by atoms with Crippen LogP contribution in [0, 0.1) is 0 Å². The molecule has 4 heteroatoms. The molecule has 1 aromatic carbocycles. The molecule has 1 atom stereocenters.